The summed E-state index contributed by atoms with van der Waals surface area (Å²) in [5, 5.41) is 9.10. The average Bonchev–Trinajstić information content (AvgIpc) is 2.96. The largest absolute Gasteiger partial charge is 0.481 e. The van der Waals surface area contributed by atoms with Crippen LogP contribution in [0.1, 0.15) is 42.1 Å². The monoisotopic (exact) mass is 362 g/mol. The molecule has 1 heterocycles. The van der Waals surface area contributed by atoms with Crippen LogP contribution in [0.5, 0.6) is 5.75 Å². The Morgan fingerprint density at radius 1 is 1.19 bits per heavy atom. The summed E-state index contributed by atoms with van der Waals surface area (Å²) >= 11 is 0. The Morgan fingerprint density at radius 3 is 2.50 bits per heavy atom. The maximum Gasteiger partial charge on any atom is 0.335 e. The Labute approximate surface area is 175 Å². The molecule has 5 nitrogen and oxygen atoms in total. The SMILES string of the molecule is CC(C)c1ccc(OC2CCN(c3cccc(C(=O)O)c3)C2=O)cc1.[Na]. The number of carboxylic acid groups (broad SMARTS) is 1. The third-order valence-electron chi connectivity index (χ3n) is 4.39. The quantitative estimate of drug-likeness (QED) is 0.829. The van der Waals surface area contributed by atoms with E-state index in [1.165, 1.54) is 17.7 Å². The zero-order valence-corrected chi connectivity index (χ0v) is 17.3. The number of benzene rings is 2. The first-order chi connectivity index (χ1) is 12.0. The molecular weight excluding hydrogens is 341 g/mol. The number of hydrogen-bond acceptors (Lipinski definition) is 3. The summed E-state index contributed by atoms with van der Waals surface area (Å²) in [4.78, 5) is 25.3. The first-order valence-corrected chi connectivity index (χ1v) is 8.37. The molecule has 0 saturated carbocycles. The first-order valence-electron chi connectivity index (χ1n) is 8.37. The Kier molecular flexibility index (Phi) is 6.87. The fraction of sp³-hybridized carbons (Fsp3) is 0.300. The van der Waals surface area contributed by atoms with Crippen molar-refractivity contribution < 1.29 is 19.4 Å². The summed E-state index contributed by atoms with van der Waals surface area (Å²) in [6.07, 6.45) is 0.0283. The summed E-state index contributed by atoms with van der Waals surface area (Å²) in [7, 11) is 0. The van der Waals surface area contributed by atoms with Gasteiger partial charge in [0.1, 0.15) is 5.75 Å². The zero-order chi connectivity index (χ0) is 18.0. The van der Waals surface area contributed by atoms with Crippen molar-refractivity contribution in [3.8, 4) is 5.75 Å². The molecule has 0 aliphatic carbocycles. The predicted molar refractivity (Wildman–Crippen MR) is 101 cm³/mol. The maximum atomic E-state index is 12.6. The molecule has 1 atom stereocenters. The molecule has 131 valence electrons. The second-order valence-electron chi connectivity index (χ2n) is 6.46. The first kappa shape index (κ1) is 20.5. The molecule has 1 aliphatic heterocycles. The number of ether oxygens (including phenoxy) is 1. The number of amides is 1. The van der Waals surface area contributed by atoms with Gasteiger partial charge < -0.3 is 14.7 Å². The van der Waals surface area contributed by atoms with Gasteiger partial charge in [-0.15, -0.1) is 0 Å². The second kappa shape index (κ2) is 8.71. The Morgan fingerprint density at radius 2 is 1.88 bits per heavy atom. The Balaban J connectivity index is 0.00000243. The zero-order valence-electron chi connectivity index (χ0n) is 15.3. The van der Waals surface area contributed by atoms with Crippen molar-refractivity contribution in [3.05, 3.63) is 59.7 Å². The second-order valence-corrected chi connectivity index (χ2v) is 6.46. The van der Waals surface area contributed by atoms with Crippen LogP contribution in [0.25, 0.3) is 0 Å². The summed E-state index contributed by atoms with van der Waals surface area (Å²) in [6, 6.07) is 14.2. The van der Waals surface area contributed by atoms with Crippen LogP contribution in [-0.4, -0.2) is 59.2 Å². The van der Waals surface area contributed by atoms with E-state index >= 15 is 0 Å². The summed E-state index contributed by atoms with van der Waals surface area (Å²) in [5.41, 5.74) is 1.97. The molecule has 1 saturated heterocycles. The van der Waals surface area contributed by atoms with Crippen LogP contribution in [0.4, 0.5) is 5.69 Å². The van der Waals surface area contributed by atoms with Crippen molar-refractivity contribution in [3.63, 3.8) is 0 Å². The van der Waals surface area contributed by atoms with Crippen molar-refractivity contribution in [2.24, 2.45) is 0 Å². The van der Waals surface area contributed by atoms with Gasteiger partial charge in [-0.2, -0.15) is 0 Å². The molecule has 3 rings (SSSR count). The van der Waals surface area contributed by atoms with Crippen molar-refractivity contribution in [1.82, 2.24) is 0 Å². The van der Waals surface area contributed by atoms with Gasteiger partial charge in [0.2, 0.25) is 0 Å². The molecule has 6 heteroatoms. The normalized spacial score (nSPS) is 16.5. The summed E-state index contributed by atoms with van der Waals surface area (Å²) in [5.74, 6) is -0.0370. The fourth-order valence-corrected chi connectivity index (χ4v) is 2.92. The molecule has 1 aliphatic rings. The van der Waals surface area contributed by atoms with Crippen molar-refractivity contribution >= 4 is 47.1 Å². The molecule has 2 aromatic carbocycles. The van der Waals surface area contributed by atoms with Crippen LogP contribution in [0.3, 0.4) is 0 Å². The van der Waals surface area contributed by atoms with Crippen molar-refractivity contribution in [2.75, 3.05) is 11.4 Å². The van der Waals surface area contributed by atoms with Gasteiger partial charge in [0.15, 0.2) is 6.10 Å². The number of carboxylic acids is 1. The number of carbonyl (C=O) groups excluding carboxylic acids is 1. The molecule has 0 bridgehead atoms. The number of nitrogens with zero attached hydrogens (tertiary/aromatic N) is 1. The van der Waals surface area contributed by atoms with Gasteiger partial charge in [0, 0.05) is 48.2 Å². The van der Waals surface area contributed by atoms with Crippen molar-refractivity contribution in [1.29, 1.82) is 0 Å². The molecular formula is C20H21NNaO4. The third kappa shape index (κ3) is 4.47. The van der Waals surface area contributed by atoms with Crippen LogP contribution in [0.15, 0.2) is 48.5 Å². The van der Waals surface area contributed by atoms with Gasteiger partial charge in [-0.3, -0.25) is 4.79 Å². The van der Waals surface area contributed by atoms with E-state index in [4.69, 9.17) is 9.84 Å². The minimum Gasteiger partial charge on any atom is -0.481 e. The molecule has 2 aromatic rings. The van der Waals surface area contributed by atoms with Crippen LogP contribution in [0.2, 0.25) is 0 Å². The van der Waals surface area contributed by atoms with E-state index in [0.29, 0.717) is 30.3 Å². The van der Waals surface area contributed by atoms with E-state index in [1.807, 2.05) is 24.3 Å². The van der Waals surface area contributed by atoms with Gasteiger partial charge >= 0.3 is 5.97 Å². The molecule has 26 heavy (non-hydrogen) atoms. The van der Waals surface area contributed by atoms with Crippen LogP contribution >= 0.6 is 0 Å². The topological polar surface area (TPSA) is 66.8 Å². The number of carbonyl (C=O) groups is 2. The van der Waals surface area contributed by atoms with Gasteiger partial charge in [0.25, 0.3) is 5.91 Å². The average molecular weight is 362 g/mol. The fourth-order valence-electron chi connectivity index (χ4n) is 2.92. The standard InChI is InChI=1S/C20H21NO4.Na/c1-13(2)14-6-8-17(9-7-14)25-18-10-11-21(19(18)22)16-5-3-4-15(12-16)20(23)24;/h3-9,12-13,18H,10-11H2,1-2H3,(H,23,24);. The summed E-state index contributed by atoms with van der Waals surface area (Å²) < 4.78 is 5.84. The van der Waals surface area contributed by atoms with Crippen LogP contribution < -0.4 is 9.64 Å². The van der Waals surface area contributed by atoms with E-state index in [-0.39, 0.29) is 41.0 Å². The number of hydrogen-bond donors (Lipinski definition) is 1. The molecule has 1 unspecified atom stereocenters. The van der Waals surface area contributed by atoms with E-state index in [2.05, 4.69) is 13.8 Å². The Bertz CT molecular complexity index is 789. The molecule has 1 N–H and O–H groups in total. The maximum absolute atomic E-state index is 12.6. The molecule has 1 amide bonds. The number of aromatic carboxylic acids is 1. The minimum absolute atomic E-state index is 0. The number of anilines is 1. The Hall–Kier alpha value is -1.82. The van der Waals surface area contributed by atoms with Gasteiger partial charge in [0.05, 0.1) is 5.56 Å². The van der Waals surface area contributed by atoms with Gasteiger partial charge in [-0.1, -0.05) is 32.0 Å². The minimum atomic E-state index is -1.01. The van der Waals surface area contributed by atoms with Gasteiger partial charge in [-0.05, 0) is 41.8 Å². The van der Waals surface area contributed by atoms with Crippen LogP contribution in [-0.2, 0) is 4.79 Å². The smallest absolute Gasteiger partial charge is 0.335 e. The van der Waals surface area contributed by atoms with Crippen LogP contribution in [0, 0.1) is 0 Å². The number of rotatable bonds is 5. The molecule has 0 spiro atoms. The third-order valence-corrected chi connectivity index (χ3v) is 4.39. The van der Waals surface area contributed by atoms with E-state index < -0.39 is 12.1 Å². The molecule has 0 aromatic heterocycles. The molecule has 1 radical (unpaired) electrons. The van der Waals surface area contributed by atoms with E-state index in [9.17, 15) is 9.59 Å². The van der Waals surface area contributed by atoms with Crippen molar-refractivity contribution in [2.45, 2.75) is 32.3 Å². The van der Waals surface area contributed by atoms with E-state index in [1.54, 1.807) is 17.0 Å². The predicted octanol–water partition coefficient (Wildman–Crippen LogP) is 3.31. The molecule has 1 fully saturated rings. The summed E-state index contributed by atoms with van der Waals surface area (Å²) in [6.45, 7) is 4.76. The van der Waals surface area contributed by atoms with E-state index in [0.717, 1.165) is 0 Å². The van der Waals surface area contributed by atoms with Gasteiger partial charge in [-0.25, -0.2) is 4.79 Å².